The second-order valence-electron chi connectivity index (χ2n) is 1.02. The van der Waals surface area contributed by atoms with Crippen molar-refractivity contribution in [3.05, 3.63) is 0 Å². The van der Waals surface area contributed by atoms with E-state index in [9.17, 15) is 0 Å². The average molecular weight is 198 g/mol. The van der Waals surface area contributed by atoms with Crippen LogP contribution in [0.2, 0.25) is 0 Å². The standard InChI is InChI=1S/C3H8O3.Ca.Zn/c4-1-3(6)2-5;;/h3-6H,1-2H2;;. The van der Waals surface area contributed by atoms with Gasteiger partial charge in [-0.25, -0.2) is 0 Å². The predicted octanol–water partition coefficient (Wildman–Crippen LogP) is -2.05. The first-order chi connectivity index (χ1) is 2.81. The fourth-order valence-electron chi connectivity index (χ4n) is 0.0577. The third-order valence-electron chi connectivity index (χ3n) is 0.421. The summed E-state index contributed by atoms with van der Waals surface area (Å²) in [5.74, 6) is 0. The second-order valence-corrected chi connectivity index (χ2v) is 1.02. The minimum atomic E-state index is -0.954. The minimum Gasteiger partial charge on any atom is -0.394 e. The third kappa shape index (κ3) is 10.7. The van der Waals surface area contributed by atoms with Gasteiger partial charge in [0.2, 0.25) is 0 Å². The Hall–Kier alpha value is 1.76. The van der Waals surface area contributed by atoms with Crippen molar-refractivity contribution in [2.45, 2.75) is 6.10 Å². The van der Waals surface area contributed by atoms with Gasteiger partial charge in [0.05, 0.1) is 13.2 Å². The normalized spacial score (nSPS) is 7.50. The summed E-state index contributed by atoms with van der Waals surface area (Å²) in [5.41, 5.74) is 0. The molecule has 8 heavy (non-hydrogen) atoms. The van der Waals surface area contributed by atoms with Gasteiger partial charge in [-0.1, -0.05) is 0 Å². The van der Waals surface area contributed by atoms with Gasteiger partial charge in [-0.3, -0.25) is 0 Å². The average Bonchev–Trinajstić information content (AvgIpc) is 1.65. The van der Waals surface area contributed by atoms with Gasteiger partial charge in [0.1, 0.15) is 6.10 Å². The van der Waals surface area contributed by atoms with E-state index in [1.54, 1.807) is 0 Å². The van der Waals surface area contributed by atoms with E-state index >= 15 is 0 Å². The van der Waals surface area contributed by atoms with E-state index < -0.39 is 6.10 Å². The van der Waals surface area contributed by atoms with E-state index in [1.807, 2.05) is 0 Å². The maximum atomic E-state index is 8.17. The molecule has 0 saturated heterocycles. The Morgan fingerprint density at radius 1 is 1.12 bits per heavy atom. The molecule has 0 rings (SSSR count). The quantitative estimate of drug-likeness (QED) is 0.447. The maximum absolute atomic E-state index is 8.17. The van der Waals surface area contributed by atoms with Crippen molar-refractivity contribution < 1.29 is 34.8 Å². The summed E-state index contributed by atoms with van der Waals surface area (Å²) in [6.07, 6.45) is -0.954. The summed E-state index contributed by atoms with van der Waals surface area (Å²) in [6.45, 7) is -0.729. The van der Waals surface area contributed by atoms with Crippen LogP contribution in [-0.4, -0.2) is 72.4 Å². The molecule has 0 aromatic rings. The molecule has 0 bridgehead atoms. The van der Waals surface area contributed by atoms with Crippen molar-refractivity contribution in [2.75, 3.05) is 13.2 Å². The van der Waals surface area contributed by atoms with E-state index in [2.05, 4.69) is 0 Å². The molecular formula is C3H8CaO3Zn. The van der Waals surface area contributed by atoms with E-state index in [-0.39, 0.29) is 70.4 Å². The molecule has 0 amide bonds. The number of aliphatic hydroxyl groups excluding tert-OH is 3. The number of hydrogen-bond acceptors (Lipinski definition) is 3. The minimum absolute atomic E-state index is 0. The van der Waals surface area contributed by atoms with Crippen LogP contribution in [0.3, 0.4) is 0 Å². The molecule has 0 aliphatic heterocycles. The van der Waals surface area contributed by atoms with Gasteiger partial charge in [-0.2, -0.15) is 0 Å². The number of rotatable bonds is 2. The number of hydrogen-bond donors (Lipinski definition) is 3. The van der Waals surface area contributed by atoms with Crippen molar-refractivity contribution in [3.8, 4) is 0 Å². The molecule has 5 heteroatoms. The molecule has 0 heterocycles. The fourth-order valence-corrected chi connectivity index (χ4v) is 0.0577. The zero-order chi connectivity index (χ0) is 4.99. The summed E-state index contributed by atoms with van der Waals surface area (Å²) in [4.78, 5) is 0. The first kappa shape index (κ1) is 16.4. The number of aliphatic hydroxyl groups is 3. The third-order valence-corrected chi connectivity index (χ3v) is 0.421. The zero-order valence-corrected chi connectivity index (χ0v) is 9.92. The van der Waals surface area contributed by atoms with Gasteiger partial charge < -0.3 is 15.3 Å². The monoisotopic (exact) mass is 196 g/mol. The molecule has 0 aromatic heterocycles. The van der Waals surface area contributed by atoms with E-state index in [4.69, 9.17) is 15.3 Å². The van der Waals surface area contributed by atoms with Crippen molar-refractivity contribution in [1.29, 1.82) is 0 Å². The Bertz CT molecular complexity index is 33.7. The van der Waals surface area contributed by atoms with Crippen LogP contribution in [-0.2, 0) is 19.5 Å². The van der Waals surface area contributed by atoms with Gasteiger partial charge in [-0.05, 0) is 0 Å². The molecule has 0 unspecified atom stereocenters. The van der Waals surface area contributed by atoms with Gasteiger partial charge in [0, 0.05) is 57.2 Å². The Kier molecular flexibility index (Phi) is 23.7. The predicted molar refractivity (Wildman–Crippen MR) is 25.9 cm³/mol. The SMILES string of the molecule is OCC(O)CO.[Ca].[Zn]. The zero-order valence-electron chi connectivity index (χ0n) is 4.75. The Morgan fingerprint density at radius 2 is 1.38 bits per heavy atom. The summed E-state index contributed by atoms with van der Waals surface area (Å²) in [5, 5.41) is 24.0. The van der Waals surface area contributed by atoms with Crippen molar-refractivity contribution in [3.63, 3.8) is 0 Å². The summed E-state index contributed by atoms with van der Waals surface area (Å²) in [6, 6.07) is 0. The molecule has 3 nitrogen and oxygen atoms in total. The van der Waals surface area contributed by atoms with Crippen molar-refractivity contribution >= 4 is 37.7 Å². The Morgan fingerprint density at radius 3 is 1.38 bits per heavy atom. The van der Waals surface area contributed by atoms with Crippen LogP contribution in [0.5, 0.6) is 0 Å². The van der Waals surface area contributed by atoms with Crippen LogP contribution in [0.25, 0.3) is 0 Å². The Labute approximate surface area is 90.9 Å². The molecule has 0 aliphatic rings. The Balaban J connectivity index is -0.000000125. The van der Waals surface area contributed by atoms with E-state index in [0.717, 1.165) is 0 Å². The molecule has 0 spiro atoms. The van der Waals surface area contributed by atoms with Gasteiger partial charge in [-0.15, -0.1) is 0 Å². The van der Waals surface area contributed by atoms with E-state index in [0.29, 0.717) is 0 Å². The van der Waals surface area contributed by atoms with Crippen LogP contribution < -0.4 is 0 Å². The smallest absolute Gasteiger partial charge is 0.100 e. The van der Waals surface area contributed by atoms with Crippen molar-refractivity contribution in [2.24, 2.45) is 0 Å². The molecule has 0 atom stereocenters. The molecule has 2 radical (unpaired) electrons. The first-order valence-corrected chi connectivity index (χ1v) is 1.71. The molecule has 42 valence electrons. The van der Waals surface area contributed by atoms with Crippen LogP contribution in [0.15, 0.2) is 0 Å². The molecule has 0 fully saturated rings. The molecule has 0 saturated carbocycles. The van der Waals surface area contributed by atoms with Crippen molar-refractivity contribution in [1.82, 2.24) is 0 Å². The van der Waals surface area contributed by atoms with Gasteiger partial charge >= 0.3 is 0 Å². The summed E-state index contributed by atoms with van der Waals surface area (Å²) >= 11 is 0. The second kappa shape index (κ2) is 11.5. The van der Waals surface area contributed by atoms with Crippen LogP contribution in [0, 0.1) is 0 Å². The van der Waals surface area contributed by atoms with E-state index in [1.165, 1.54) is 0 Å². The first-order valence-electron chi connectivity index (χ1n) is 1.71. The van der Waals surface area contributed by atoms with Crippen LogP contribution in [0.1, 0.15) is 0 Å². The van der Waals surface area contributed by atoms with Crippen LogP contribution >= 0.6 is 0 Å². The summed E-state index contributed by atoms with van der Waals surface area (Å²) in [7, 11) is 0. The van der Waals surface area contributed by atoms with Gasteiger partial charge in [0.15, 0.2) is 0 Å². The largest absolute Gasteiger partial charge is 0.394 e. The summed E-state index contributed by atoms with van der Waals surface area (Å²) < 4.78 is 0. The van der Waals surface area contributed by atoms with Crippen LogP contribution in [0.4, 0.5) is 0 Å². The van der Waals surface area contributed by atoms with Gasteiger partial charge in [0.25, 0.3) is 0 Å². The fraction of sp³-hybridized carbons (Fsp3) is 1.00. The molecule has 0 aliphatic carbocycles. The molecule has 3 N–H and O–H groups in total. The topological polar surface area (TPSA) is 60.7 Å². The molecule has 0 aromatic carbocycles. The maximum Gasteiger partial charge on any atom is 0.100 e. The molecular weight excluding hydrogens is 189 g/mol.